The lowest BCUT2D eigenvalue weighted by Crippen LogP contribution is -2.41. The lowest BCUT2D eigenvalue weighted by atomic mass is 9.87. The van der Waals surface area contributed by atoms with E-state index < -0.39 is 11.9 Å². The monoisotopic (exact) mass is 425 g/mol. The molecule has 1 heterocycles. The molecule has 0 aromatic heterocycles. The van der Waals surface area contributed by atoms with Crippen LogP contribution in [-0.2, 0) is 6.42 Å². The largest absolute Gasteiger partial charge is 0.493 e. The normalized spacial score (nSPS) is 15.5. The molecule has 1 amide bonds. The molecule has 0 radical (unpaired) electrons. The van der Waals surface area contributed by atoms with Crippen molar-refractivity contribution in [1.29, 1.82) is 0 Å². The number of benzene rings is 3. The number of halogens is 2. The molecule has 1 aliphatic rings. The summed E-state index contributed by atoms with van der Waals surface area (Å²) in [4.78, 5) is 15.1. The Kier molecular flexibility index (Phi) is 5.64. The molecule has 1 atom stereocenters. The molecule has 0 aliphatic carbocycles. The topological polar surface area (TPSA) is 38.8 Å². The Labute approximate surface area is 179 Å². The molecule has 1 aliphatic heterocycles. The number of rotatable bonds is 4. The van der Waals surface area contributed by atoms with Gasteiger partial charge < -0.3 is 14.4 Å². The van der Waals surface area contributed by atoms with Crippen molar-refractivity contribution in [1.82, 2.24) is 4.90 Å². The van der Waals surface area contributed by atoms with Gasteiger partial charge in [-0.2, -0.15) is 0 Å². The molecule has 3 aromatic carbocycles. The van der Waals surface area contributed by atoms with Crippen LogP contribution < -0.4 is 9.47 Å². The number of ether oxygens (including phenoxy) is 2. The summed E-state index contributed by atoms with van der Waals surface area (Å²) in [5, 5.41) is 0.272. The van der Waals surface area contributed by atoms with Crippen molar-refractivity contribution in [2.75, 3.05) is 20.8 Å². The molecule has 4 nitrogen and oxygen atoms in total. The van der Waals surface area contributed by atoms with Crippen LogP contribution in [0, 0.1) is 5.82 Å². The van der Waals surface area contributed by atoms with E-state index in [1.54, 1.807) is 43.4 Å². The zero-order valence-electron chi connectivity index (χ0n) is 16.7. The number of carbonyl (C=O) groups is 1. The lowest BCUT2D eigenvalue weighted by Gasteiger charge is -2.38. The second kappa shape index (κ2) is 8.36. The van der Waals surface area contributed by atoms with Gasteiger partial charge in [0.15, 0.2) is 11.5 Å². The maximum Gasteiger partial charge on any atom is 0.254 e. The van der Waals surface area contributed by atoms with Crippen molar-refractivity contribution in [3.8, 4) is 11.5 Å². The zero-order chi connectivity index (χ0) is 21.3. The zero-order valence-corrected chi connectivity index (χ0v) is 17.4. The second-order valence-corrected chi connectivity index (χ2v) is 7.47. The molecule has 30 heavy (non-hydrogen) atoms. The van der Waals surface area contributed by atoms with Crippen LogP contribution >= 0.6 is 11.6 Å². The first-order chi connectivity index (χ1) is 14.5. The predicted octanol–water partition coefficient (Wildman–Crippen LogP) is 5.28. The molecule has 1 unspecified atom stereocenters. The van der Waals surface area contributed by atoms with Crippen LogP contribution in [0.4, 0.5) is 4.39 Å². The highest BCUT2D eigenvalue weighted by molar-refractivity contribution is 6.31. The number of amides is 1. The van der Waals surface area contributed by atoms with E-state index in [-0.39, 0.29) is 16.5 Å². The van der Waals surface area contributed by atoms with Gasteiger partial charge in [-0.1, -0.05) is 35.9 Å². The van der Waals surface area contributed by atoms with Crippen molar-refractivity contribution in [2.24, 2.45) is 0 Å². The fourth-order valence-corrected chi connectivity index (χ4v) is 4.26. The molecule has 0 bridgehead atoms. The van der Waals surface area contributed by atoms with Gasteiger partial charge in [-0.3, -0.25) is 4.79 Å². The highest BCUT2D eigenvalue weighted by atomic mass is 35.5. The Bertz CT molecular complexity index is 1070. The van der Waals surface area contributed by atoms with Crippen molar-refractivity contribution in [3.63, 3.8) is 0 Å². The van der Waals surface area contributed by atoms with Crippen LogP contribution in [0.3, 0.4) is 0 Å². The molecule has 3 aromatic rings. The van der Waals surface area contributed by atoms with E-state index >= 15 is 4.39 Å². The summed E-state index contributed by atoms with van der Waals surface area (Å²) in [6.45, 7) is 0.422. The van der Waals surface area contributed by atoms with Crippen molar-refractivity contribution in [2.45, 2.75) is 12.5 Å². The number of hydrogen-bond donors (Lipinski definition) is 0. The molecule has 6 heteroatoms. The van der Waals surface area contributed by atoms with E-state index in [0.717, 1.165) is 11.1 Å². The Balaban J connectivity index is 1.92. The first kappa shape index (κ1) is 20.2. The summed E-state index contributed by atoms with van der Waals surface area (Å²) in [5.74, 6) is 0.474. The highest BCUT2D eigenvalue weighted by Crippen LogP contribution is 2.44. The summed E-state index contributed by atoms with van der Waals surface area (Å²) in [5.41, 5.74) is 2.56. The molecule has 0 spiro atoms. The minimum Gasteiger partial charge on any atom is -0.493 e. The van der Waals surface area contributed by atoms with E-state index in [1.165, 1.54) is 6.07 Å². The van der Waals surface area contributed by atoms with Gasteiger partial charge in [0.2, 0.25) is 0 Å². The average molecular weight is 426 g/mol. The standard InChI is InChI=1S/C24H21ClFNO3/c1-29-20-13-16-11-12-27(24(28)15-7-4-3-5-8-15)23(17(16)14-21(20)30-2)22-18(25)9-6-10-19(22)26/h3-10,13-14,23H,11-12H2,1-2H3. The fraction of sp³-hybridized carbons (Fsp3) is 0.208. The molecule has 4 rings (SSSR count). The van der Waals surface area contributed by atoms with Crippen LogP contribution in [0.2, 0.25) is 5.02 Å². The maximum absolute atomic E-state index is 15.0. The van der Waals surface area contributed by atoms with E-state index in [9.17, 15) is 4.79 Å². The Morgan fingerprint density at radius 1 is 1.03 bits per heavy atom. The van der Waals surface area contributed by atoms with Gasteiger partial charge in [0.1, 0.15) is 5.82 Å². The summed E-state index contributed by atoms with van der Waals surface area (Å²) in [6, 6.07) is 16.6. The first-order valence-corrected chi connectivity index (χ1v) is 9.97. The van der Waals surface area contributed by atoms with Gasteiger partial charge >= 0.3 is 0 Å². The molecule has 154 valence electrons. The molecular formula is C24H21ClFNO3. The summed E-state index contributed by atoms with van der Waals surface area (Å²) in [7, 11) is 3.12. The maximum atomic E-state index is 15.0. The second-order valence-electron chi connectivity index (χ2n) is 7.06. The SMILES string of the molecule is COc1cc2c(cc1OC)C(c1c(F)cccc1Cl)N(C(=O)c1ccccc1)CC2. The summed E-state index contributed by atoms with van der Waals surface area (Å²) in [6.07, 6.45) is 0.608. The first-order valence-electron chi connectivity index (χ1n) is 9.60. The number of carbonyl (C=O) groups excluding carboxylic acids is 1. The number of fused-ring (bicyclic) bond motifs is 1. The number of hydrogen-bond acceptors (Lipinski definition) is 3. The molecule has 0 fully saturated rings. The van der Waals surface area contributed by atoms with Gasteiger partial charge in [0.05, 0.1) is 20.3 Å². The van der Waals surface area contributed by atoms with Crippen molar-refractivity contribution < 1.29 is 18.7 Å². The van der Waals surface area contributed by atoms with Crippen LogP contribution in [-0.4, -0.2) is 31.6 Å². The van der Waals surface area contributed by atoms with Gasteiger partial charge in [-0.25, -0.2) is 4.39 Å². The van der Waals surface area contributed by atoms with E-state index in [2.05, 4.69) is 0 Å². The third-order valence-corrected chi connectivity index (χ3v) is 5.76. The molecule has 0 saturated carbocycles. The smallest absolute Gasteiger partial charge is 0.254 e. The van der Waals surface area contributed by atoms with Crippen LogP contribution in [0.5, 0.6) is 11.5 Å². The summed E-state index contributed by atoms with van der Waals surface area (Å²) >= 11 is 6.44. The van der Waals surface area contributed by atoms with Gasteiger partial charge in [-0.15, -0.1) is 0 Å². The quantitative estimate of drug-likeness (QED) is 0.570. The van der Waals surface area contributed by atoms with E-state index in [4.69, 9.17) is 21.1 Å². The molecule has 0 saturated heterocycles. The van der Waals surface area contributed by atoms with E-state index in [0.29, 0.717) is 30.0 Å². The van der Waals surface area contributed by atoms with Crippen molar-refractivity contribution in [3.05, 3.63) is 93.8 Å². The minimum atomic E-state index is -0.685. The number of methoxy groups -OCH3 is 2. The summed E-state index contributed by atoms with van der Waals surface area (Å²) < 4.78 is 25.9. The lowest BCUT2D eigenvalue weighted by molar-refractivity contribution is 0.0691. The van der Waals surface area contributed by atoms with Crippen LogP contribution in [0.25, 0.3) is 0 Å². The van der Waals surface area contributed by atoms with Gasteiger partial charge in [0.25, 0.3) is 5.91 Å². The predicted molar refractivity (Wildman–Crippen MR) is 114 cm³/mol. The Morgan fingerprint density at radius 3 is 2.40 bits per heavy atom. The van der Waals surface area contributed by atoms with Crippen molar-refractivity contribution >= 4 is 17.5 Å². The Hall–Kier alpha value is -3.05. The third kappa shape index (κ3) is 3.50. The van der Waals surface area contributed by atoms with Gasteiger partial charge in [-0.05, 0) is 53.9 Å². The fourth-order valence-electron chi connectivity index (χ4n) is 3.99. The molecule has 0 N–H and O–H groups in total. The van der Waals surface area contributed by atoms with Crippen LogP contribution in [0.1, 0.15) is 33.1 Å². The Morgan fingerprint density at radius 2 is 1.73 bits per heavy atom. The minimum absolute atomic E-state index is 0.180. The highest BCUT2D eigenvalue weighted by Gasteiger charge is 2.36. The van der Waals surface area contributed by atoms with E-state index in [1.807, 2.05) is 30.3 Å². The van der Waals surface area contributed by atoms with Gasteiger partial charge in [0, 0.05) is 22.7 Å². The molecular weight excluding hydrogens is 405 g/mol. The van der Waals surface area contributed by atoms with Crippen LogP contribution in [0.15, 0.2) is 60.7 Å². The average Bonchev–Trinajstić information content (AvgIpc) is 2.78. The number of nitrogens with zero attached hydrogens (tertiary/aromatic N) is 1. The third-order valence-electron chi connectivity index (χ3n) is 5.43.